The van der Waals surface area contributed by atoms with Gasteiger partial charge in [0.15, 0.2) is 0 Å². The van der Waals surface area contributed by atoms with Crippen LogP contribution in [0.3, 0.4) is 0 Å². The Bertz CT molecular complexity index is 1050. The van der Waals surface area contributed by atoms with Crippen molar-refractivity contribution in [2.45, 2.75) is 38.8 Å². The number of aryl methyl sites for hydroxylation is 1. The average Bonchev–Trinajstić information content (AvgIpc) is 2.74. The highest BCUT2D eigenvalue weighted by Gasteiger charge is 2.40. The first-order valence-electron chi connectivity index (χ1n) is 10.1. The molecule has 4 rings (SSSR count). The third-order valence-corrected chi connectivity index (χ3v) is 5.92. The van der Waals surface area contributed by atoms with Gasteiger partial charge in [0.25, 0.3) is 0 Å². The SMILES string of the molecule is Cc1cc(-c2ccc([C@H](C)N3CCC(C)(c4ccc(F)cc4)OC3=O)cc2)ccn1. The number of pyridine rings is 1. The van der Waals surface area contributed by atoms with Crippen LogP contribution in [-0.2, 0) is 10.3 Å². The van der Waals surface area contributed by atoms with Crippen molar-refractivity contribution in [2.24, 2.45) is 0 Å². The molecule has 1 amide bonds. The van der Waals surface area contributed by atoms with Gasteiger partial charge in [0, 0.05) is 24.9 Å². The molecule has 1 unspecified atom stereocenters. The molecule has 1 saturated heterocycles. The molecule has 0 N–H and O–H groups in total. The Kier molecular flexibility index (Phi) is 5.29. The second kappa shape index (κ2) is 7.90. The number of amides is 1. The summed E-state index contributed by atoms with van der Waals surface area (Å²) in [6.45, 7) is 6.43. The molecule has 30 heavy (non-hydrogen) atoms. The summed E-state index contributed by atoms with van der Waals surface area (Å²) in [4.78, 5) is 18.8. The zero-order valence-electron chi connectivity index (χ0n) is 17.4. The maximum absolute atomic E-state index is 13.2. The largest absolute Gasteiger partial charge is 0.438 e. The smallest absolute Gasteiger partial charge is 0.411 e. The normalized spacial score (nSPS) is 20.0. The van der Waals surface area contributed by atoms with Crippen molar-refractivity contribution in [3.05, 3.63) is 89.5 Å². The minimum absolute atomic E-state index is 0.108. The molecule has 1 aliphatic rings. The van der Waals surface area contributed by atoms with E-state index >= 15 is 0 Å². The van der Waals surface area contributed by atoms with E-state index in [-0.39, 0.29) is 18.0 Å². The fourth-order valence-electron chi connectivity index (χ4n) is 3.94. The molecular formula is C25H25FN2O2. The highest BCUT2D eigenvalue weighted by molar-refractivity contribution is 5.70. The van der Waals surface area contributed by atoms with E-state index < -0.39 is 5.60 Å². The third kappa shape index (κ3) is 3.92. The molecule has 154 valence electrons. The fourth-order valence-corrected chi connectivity index (χ4v) is 3.94. The lowest BCUT2D eigenvalue weighted by atomic mass is 9.90. The molecule has 0 spiro atoms. The fraction of sp³-hybridized carbons (Fsp3) is 0.280. The van der Waals surface area contributed by atoms with Crippen LogP contribution in [0.4, 0.5) is 9.18 Å². The van der Waals surface area contributed by atoms with Crippen molar-refractivity contribution in [3.8, 4) is 11.1 Å². The van der Waals surface area contributed by atoms with Crippen LogP contribution in [0.5, 0.6) is 0 Å². The second-order valence-corrected chi connectivity index (χ2v) is 8.03. The summed E-state index contributed by atoms with van der Waals surface area (Å²) in [5, 5.41) is 0. The zero-order valence-corrected chi connectivity index (χ0v) is 17.4. The van der Waals surface area contributed by atoms with Crippen LogP contribution in [0.15, 0.2) is 66.9 Å². The van der Waals surface area contributed by atoms with Crippen molar-refractivity contribution in [1.29, 1.82) is 0 Å². The van der Waals surface area contributed by atoms with E-state index in [2.05, 4.69) is 35.3 Å². The summed E-state index contributed by atoms with van der Waals surface area (Å²) in [7, 11) is 0. The standard InChI is InChI=1S/C25H25FN2O2/c1-17-16-21(12-14-27-17)20-6-4-19(5-7-20)18(2)28-15-13-25(3,30-24(28)29)22-8-10-23(26)11-9-22/h4-12,14,16,18H,13,15H2,1-3H3/t18-,25?/m0/s1. The lowest BCUT2D eigenvalue weighted by Gasteiger charge is -2.41. The molecule has 4 nitrogen and oxygen atoms in total. The number of rotatable bonds is 4. The number of hydrogen-bond donors (Lipinski definition) is 0. The maximum atomic E-state index is 13.2. The Morgan fingerprint density at radius 3 is 2.40 bits per heavy atom. The Balaban J connectivity index is 1.48. The number of carbonyl (C=O) groups excluding carboxylic acids is 1. The number of nitrogens with zero attached hydrogens (tertiary/aromatic N) is 2. The Morgan fingerprint density at radius 1 is 1.07 bits per heavy atom. The van der Waals surface area contributed by atoms with Crippen molar-refractivity contribution in [1.82, 2.24) is 9.88 Å². The predicted molar refractivity (Wildman–Crippen MR) is 114 cm³/mol. The molecule has 2 atom stereocenters. The summed E-state index contributed by atoms with van der Waals surface area (Å²) in [5.74, 6) is -0.301. The Morgan fingerprint density at radius 2 is 1.77 bits per heavy atom. The maximum Gasteiger partial charge on any atom is 0.411 e. The molecule has 5 heteroatoms. The molecule has 0 radical (unpaired) electrons. The van der Waals surface area contributed by atoms with Gasteiger partial charge in [-0.05, 0) is 67.3 Å². The van der Waals surface area contributed by atoms with Crippen molar-refractivity contribution in [3.63, 3.8) is 0 Å². The monoisotopic (exact) mass is 404 g/mol. The van der Waals surface area contributed by atoms with Crippen LogP contribution in [0.25, 0.3) is 11.1 Å². The quantitative estimate of drug-likeness (QED) is 0.534. The molecule has 1 aromatic heterocycles. The zero-order chi connectivity index (χ0) is 21.3. The van der Waals surface area contributed by atoms with E-state index in [1.54, 1.807) is 17.0 Å². The van der Waals surface area contributed by atoms with Gasteiger partial charge in [0.2, 0.25) is 0 Å². The summed E-state index contributed by atoms with van der Waals surface area (Å²) in [5.41, 5.74) is 4.32. The van der Waals surface area contributed by atoms with E-state index in [9.17, 15) is 9.18 Å². The van der Waals surface area contributed by atoms with Gasteiger partial charge in [0.05, 0.1) is 6.04 Å². The van der Waals surface area contributed by atoms with Crippen LogP contribution in [0, 0.1) is 12.7 Å². The number of benzene rings is 2. The van der Waals surface area contributed by atoms with Gasteiger partial charge < -0.3 is 9.64 Å². The average molecular weight is 404 g/mol. The van der Waals surface area contributed by atoms with Gasteiger partial charge >= 0.3 is 6.09 Å². The number of halogens is 1. The molecule has 0 aliphatic carbocycles. The second-order valence-electron chi connectivity index (χ2n) is 8.03. The van der Waals surface area contributed by atoms with Crippen LogP contribution in [0.1, 0.15) is 43.1 Å². The Labute approximate surface area is 176 Å². The number of carbonyl (C=O) groups is 1. The number of ether oxygens (including phenoxy) is 1. The van der Waals surface area contributed by atoms with Crippen molar-refractivity contribution >= 4 is 6.09 Å². The first-order chi connectivity index (χ1) is 14.4. The van der Waals surface area contributed by atoms with Gasteiger partial charge in [-0.15, -0.1) is 0 Å². The van der Waals surface area contributed by atoms with Crippen molar-refractivity contribution in [2.75, 3.05) is 6.54 Å². The van der Waals surface area contributed by atoms with E-state index in [1.807, 2.05) is 33.0 Å². The third-order valence-electron chi connectivity index (χ3n) is 5.92. The molecule has 1 fully saturated rings. The van der Waals surface area contributed by atoms with Gasteiger partial charge in [0.1, 0.15) is 11.4 Å². The lowest BCUT2D eigenvalue weighted by molar-refractivity contribution is -0.0491. The lowest BCUT2D eigenvalue weighted by Crippen LogP contribution is -2.47. The van der Waals surface area contributed by atoms with Crippen LogP contribution >= 0.6 is 0 Å². The highest BCUT2D eigenvalue weighted by atomic mass is 19.1. The van der Waals surface area contributed by atoms with Crippen molar-refractivity contribution < 1.29 is 13.9 Å². The van der Waals surface area contributed by atoms with E-state index in [1.165, 1.54) is 12.1 Å². The predicted octanol–water partition coefficient (Wildman–Crippen LogP) is 6.01. The topological polar surface area (TPSA) is 42.4 Å². The molecule has 0 bridgehead atoms. The van der Waals surface area contributed by atoms with Gasteiger partial charge in [-0.3, -0.25) is 4.98 Å². The molecule has 3 aromatic rings. The van der Waals surface area contributed by atoms with E-state index in [0.717, 1.165) is 27.9 Å². The first-order valence-corrected chi connectivity index (χ1v) is 10.1. The van der Waals surface area contributed by atoms with Gasteiger partial charge in [-0.1, -0.05) is 36.4 Å². The molecule has 0 saturated carbocycles. The highest BCUT2D eigenvalue weighted by Crippen LogP contribution is 2.37. The van der Waals surface area contributed by atoms with E-state index in [4.69, 9.17) is 4.74 Å². The van der Waals surface area contributed by atoms with Gasteiger partial charge in [-0.2, -0.15) is 0 Å². The molecular weight excluding hydrogens is 379 g/mol. The minimum Gasteiger partial charge on any atom is -0.438 e. The Hall–Kier alpha value is -3.21. The molecule has 2 aromatic carbocycles. The summed E-state index contributed by atoms with van der Waals surface area (Å²) < 4.78 is 19.1. The molecule has 1 aliphatic heterocycles. The minimum atomic E-state index is -0.746. The number of hydrogen-bond acceptors (Lipinski definition) is 3. The number of cyclic esters (lactones) is 1. The first kappa shape index (κ1) is 20.1. The summed E-state index contributed by atoms with van der Waals surface area (Å²) in [6.07, 6.45) is 2.10. The van der Waals surface area contributed by atoms with Gasteiger partial charge in [-0.25, -0.2) is 9.18 Å². The van der Waals surface area contributed by atoms with Crippen LogP contribution in [0.2, 0.25) is 0 Å². The number of aromatic nitrogens is 1. The summed E-state index contributed by atoms with van der Waals surface area (Å²) >= 11 is 0. The molecule has 2 heterocycles. The summed E-state index contributed by atoms with van der Waals surface area (Å²) in [6, 6.07) is 18.3. The van der Waals surface area contributed by atoms with Crippen LogP contribution < -0.4 is 0 Å². The van der Waals surface area contributed by atoms with E-state index in [0.29, 0.717) is 13.0 Å². The van der Waals surface area contributed by atoms with Crippen LogP contribution in [-0.4, -0.2) is 22.5 Å².